The van der Waals surface area contributed by atoms with Gasteiger partial charge in [0, 0.05) is 11.1 Å². The fourth-order valence-electron chi connectivity index (χ4n) is 2.85. The molecular formula is C20H17N3O3S. The lowest BCUT2D eigenvalue weighted by Crippen LogP contribution is -2.23. The summed E-state index contributed by atoms with van der Waals surface area (Å²) in [7, 11) is 3.20. The van der Waals surface area contributed by atoms with E-state index in [-0.39, 0.29) is 5.56 Å². The van der Waals surface area contributed by atoms with E-state index in [1.807, 2.05) is 49.4 Å². The van der Waals surface area contributed by atoms with E-state index in [0.717, 1.165) is 16.7 Å². The molecule has 0 N–H and O–H groups in total. The van der Waals surface area contributed by atoms with Gasteiger partial charge in [0.15, 0.2) is 5.82 Å². The Hall–Kier alpha value is -3.19. The molecule has 0 spiro atoms. The average molecular weight is 379 g/mol. The Balaban J connectivity index is 1.90. The van der Waals surface area contributed by atoms with E-state index in [9.17, 15) is 4.79 Å². The zero-order valence-corrected chi connectivity index (χ0v) is 15.9. The van der Waals surface area contributed by atoms with Gasteiger partial charge in [-0.05, 0) is 31.2 Å². The minimum atomic E-state index is -0.152. The molecule has 4 aromatic rings. The van der Waals surface area contributed by atoms with Crippen molar-refractivity contribution < 1.29 is 9.47 Å². The molecule has 4 rings (SSSR count). The third-order valence-electron chi connectivity index (χ3n) is 4.28. The molecule has 0 aliphatic rings. The molecule has 0 fully saturated rings. The first-order valence-corrected chi connectivity index (χ1v) is 9.11. The van der Waals surface area contributed by atoms with Crippen molar-refractivity contribution in [1.82, 2.24) is 14.6 Å². The van der Waals surface area contributed by atoms with Crippen LogP contribution in [0.3, 0.4) is 0 Å². The Bertz CT molecular complexity index is 1230. The molecule has 6 nitrogen and oxygen atoms in total. The number of nitrogens with zero attached hydrogens (tertiary/aromatic N) is 3. The number of hydrogen-bond acceptors (Lipinski definition) is 6. The van der Waals surface area contributed by atoms with Gasteiger partial charge in [-0.15, -0.1) is 10.2 Å². The minimum absolute atomic E-state index is 0.152. The summed E-state index contributed by atoms with van der Waals surface area (Å²) in [6, 6.07) is 13.3. The van der Waals surface area contributed by atoms with Gasteiger partial charge in [0.05, 0.1) is 18.8 Å². The maximum absolute atomic E-state index is 13.0. The van der Waals surface area contributed by atoms with Crippen molar-refractivity contribution in [1.29, 1.82) is 0 Å². The normalized spacial score (nSPS) is 11.9. The van der Waals surface area contributed by atoms with Crippen LogP contribution in [0.1, 0.15) is 11.1 Å². The Morgan fingerprint density at radius 1 is 1.04 bits per heavy atom. The van der Waals surface area contributed by atoms with Crippen LogP contribution in [-0.4, -0.2) is 28.8 Å². The molecule has 0 unspecified atom stereocenters. The van der Waals surface area contributed by atoms with Crippen molar-refractivity contribution in [2.45, 2.75) is 6.92 Å². The molecule has 2 aromatic heterocycles. The lowest BCUT2D eigenvalue weighted by molar-refractivity contribution is 0.402. The quantitative estimate of drug-likeness (QED) is 0.545. The molecule has 0 aliphatic carbocycles. The molecule has 136 valence electrons. The van der Waals surface area contributed by atoms with Crippen LogP contribution in [0, 0.1) is 6.92 Å². The van der Waals surface area contributed by atoms with E-state index < -0.39 is 0 Å². The van der Waals surface area contributed by atoms with E-state index >= 15 is 0 Å². The molecule has 0 amide bonds. The molecule has 0 bridgehead atoms. The van der Waals surface area contributed by atoms with Crippen LogP contribution in [0.5, 0.6) is 11.5 Å². The Labute approximate surface area is 159 Å². The first kappa shape index (κ1) is 17.2. The van der Waals surface area contributed by atoms with E-state index in [4.69, 9.17) is 9.47 Å². The highest BCUT2D eigenvalue weighted by molar-refractivity contribution is 7.15. The van der Waals surface area contributed by atoms with Gasteiger partial charge >= 0.3 is 0 Å². The third kappa shape index (κ3) is 3.06. The molecular weight excluding hydrogens is 362 g/mol. The van der Waals surface area contributed by atoms with E-state index in [2.05, 4.69) is 10.2 Å². The molecule has 2 heterocycles. The number of benzene rings is 2. The molecule has 7 heteroatoms. The maximum atomic E-state index is 13.0. The topological polar surface area (TPSA) is 65.7 Å². The van der Waals surface area contributed by atoms with Crippen LogP contribution in [0.15, 0.2) is 47.3 Å². The van der Waals surface area contributed by atoms with Crippen LogP contribution in [-0.2, 0) is 0 Å². The molecule has 0 atom stereocenters. The highest BCUT2D eigenvalue weighted by Crippen LogP contribution is 2.25. The zero-order valence-electron chi connectivity index (χ0n) is 15.1. The van der Waals surface area contributed by atoms with Crippen LogP contribution < -0.4 is 19.6 Å². The summed E-state index contributed by atoms with van der Waals surface area (Å²) in [5.74, 6) is 1.90. The van der Waals surface area contributed by atoms with Gasteiger partial charge in [-0.2, -0.15) is 0 Å². The molecule has 0 radical (unpaired) electrons. The number of fused-ring (bicyclic) bond motifs is 1. The molecule has 2 aromatic carbocycles. The van der Waals surface area contributed by atoms with Crippen LogP contribution in [0.4, 0.5) is 0 Å². The Morgan fingerprint density at radius 3 is 2.52 bits per heavy atom. The zero-order chi connectivity index (χ0) is 19.0. The monoisotopic (exact) mass is 379 g/mol. The highest BCUT2D eigenvalue weighted by Gasteiger charge is 2.14. The fraction of sp³-hybridized carbons (Fsp3) is 0.150. The first-order chi connectivity index (χ1) is 13.1. The van der Waals surface area contributed by atoms with Crippen molar-refractivity contribution >= 4 is 22.4 Å². The second-order valence-corrected chi connectivity index (χ2v) is 7.04. The predicted octanol–water partition coefficient (Wildman–Crippen LogP) is 2.69. The van der Waals surface area contributed by atoms with Crippen LogP contribution in [0.25, 0.3) is 22.4 Å². The van der Waals surface area contributed by atoms with E-state index in [0.29, 0.717) is 26.8 Å². The summed E-state index contributed by atoms with van der Waals surface area (Å²) in [5.41, 5.74) is 2.61. The van der Waals surface area contributed by atoms with E-state index in [1.54, 1.807) is 24.7 Å². The minimum Gasteiger partial charge on any atom is -0.497 e. The van der Waals surface area contributed by atoms with Crippen molar-refractivity contribution in [2.24, 2.45) is 0 Å². The summed E-state index contributed by atoms with van der Waals surface area (Å²) in [6.45, 7) is 2.02. The second-order valence-electron chi connectivity index (χ2n) is 6.03. The average Bonchev–Trinajstić information content (AvgIpc) is 3.23. The van der Waals surface area contributed by atoms with Crippen LogP contribution >= 0.6 is 11.3 Å². The number of hydrogen-bond donors (Lipinski definition) is 0. The smallest absolute Gasteiger partial charge is 0.276 e. The van der Waals surface area contributed by atoms with E-state index in [1.165, 1.54) is 11.3 Å². The lowest BCUT2D eigenvalue weighted by Gasteiger charge is -2.06. The highest BCUT2D eigenvalue weighted by atomic mass is 32.1. The standard InChI is InChI=1S/C20H17N3O3S/c1-12-4-6-13(7-5-12)18-21-22-20-23(18)19(24)17(27-20)11-14-10-15(25-2)8-9-16(14)26-3/h4-11H,1-3H3/b17-11-. The van der Waals surface area contributed by atoms with Crippen LogP contribution in [0.2, 0.25) is 0 Å². The van der Waals surface area contributed by atoms with Gasteiger partial charge < -0.3 is 9.47 Å². The molecule has 0 saturated heterocycles. The number of methoxy groups -OCH3 is 2. The molecule has 0 saturated carbocycles. The van der Waals surface area contributed by atoms with Gasteiger partial charge in [-0.25, -0.2) is 4.40 Å². The number of rotatable bonds is 4. The fourth-order valence-corrected chi connectivity index (χ4v) is 3.75. The van der Waals surface area contributed by atoms with Crippen molar-refractivity contribution in [2.75, 3.05) is 14.2 Å². The summed E-state index contributed by atoms with van der Waals surface area (Å²) in [5, 5.41) is 8.36. The van der Waals surface area contributed by atoms with Crippen molar-refractivity contribution in [3.05, 3.63) is 68.5 Å². The van der Waals surface area contributed by atoms with Gasteiger partial charge in [-0.3, -0.25) is 4.79 Å². The molecule has 27 heavy (non-hydrogen) atoms. The van der Waals surface area contributed by atoms with Crippen molar-refractivity contribution in [3.8, 4) is 22.9 Å². The summed E-state index contributed by atoms with van der Waals surface area (Å²) < 4.78 is 12.8. The first-order valence-electron chi connectivity index (χ1n) is 8.29. The predicted molar refractivity (Wildman–Crippen MR) is 106 cm³/mol. The van der Waals surface area contributed by atoms with Gasteiger partial charge in [0.25, 0.3) is 5.56 Å². The summed E-state index contributed by atoms with van der Waals surface area (Å²) in [4.78, 5) is 13.6. The number of thiazole rings is 1. The Morgan fingerprint density at radius 2 is 1.81 bits per heavy atom. The number of ether oxygens (including phenoxy) is 2. The number of aryl methyl sites for hydroxylation is 1. The van der Waals surface area contributed by atoms with Crippen molar-refractivity contribution in [3.63, 3.8) is 0 Å². The molecule has 0 aliphatic heterocycles. The summed E-state index contributed by atoms with van der Waals surface area (Å²) >= 11 is 1.29. The number of aromatic nitrogens is 3. The largest absolute Gasteiger partial charge is 0.497 e. The summed E-state index contributed by atoms with van der Waals surface area (Å²) in [6.07, 6.45) is 1.79. The SMILES string of the molecule is COc1ccc(OC)c(/C=c2\sc3nnc(-c4ccc(C)cc4)n3c2=O)c1. The van der Waals surface area contributed by atoms with Gasteiger partial charge in [-0.1, -0.05) is 41.2 Å². The van der Waals surface area contributed by atoms with Gasteiger partial charge in [0.2, 0.25) is 4.96 Å². The second kappa shape index (κ2) is 6.85. The maximum Gasteiger partial charge on any atom is 0.276 e. The van der Waals surface area contributed by atoms with Gasteiger partial charge in [0.1, 0.15) is 11.5 Å². The Kier molecular flexibility index (Phi) is 4.37. The lowest BCUT2D eigenvalue weighted by atomic mass is 10.1. The third-order valence-corrected chi connectivity index (χ3v) is 5.24.